The van der Waals surface area contributed by atoms with Crippen molar-refractivity contribution in [2.75, 3.05) is 13.1 Å². The number of carbonyl (C=O) groups is 1. The first-order chi connectivity index (χ1) is 8.01. The Kier molecular flexibility index (Phi) is 4.76. The predicted octanol–water partition coefficient (Wildman–Crippen LogP) is 1.02. The average Bonchev–Trinajstić information content (AvgIpc) is 2.88. The molecule has 2 rings (SSSR count). The van der Waals surface area contributed by atoms with Gasteiger partial charge in [-0.3, -0.25) is 9.48 Å². The highest BCUT2D eigenvalue weighted by Crippen LogP contribution is 2.25. The fraction of sp³-hybridized carbons (Fsp3) is 0.667. The molecule has 2 N–H and O–H groups in total. The number of nitrogens with zero attached hydrogens (tertiary/aromatic N) is 2. The molecule has 0 saturated carbocycles. The Hall–Kier alpha value is -1.07. The minimum absolute atomic E-state index is 0. The van der Waals surface area contributed by atoms with E-state index in [1.807, 2.05) is 27.1 Å². The molecule has 0 radical (unpaired) electrons. The summed E-state index contributed by atoms with van der Waals surface area (Å²) < 4.78 is 1.75. The average molecular weight is 273 g/mol. The lowest BCUT2D eigenvalue weighted by atomic mass is 9.88. The van der Waals surface area contributed by atoms with Crippen molar-refractivity contribution in [2.45, 2.75) is 26.3 Å². The van der Waals surface area contributed by atoms with Crippen molar-refractivity contribution in [3.05, 3.63) is 18.0 Å². The van der Waals surface area contributed by atoms with E-state index < -0.39 is 0 Å². The molecule has 1 amide bonds. The molecule has 2 atom stereocenters. The third kappa shape index (κ3) is 3.03. The van der Waals surface area contributed by atoms with Gasteiger partial charge in [0.05, 0.1) is 17.7 Å². The summed E-state index contributed by atoms with van der Waals surface area (Å²) in [6.07, 6.45) is 4.62. The molecule has 1 aromatic heterocycles. The van der Waals surface area contributed by atoms with Crippen molar-refractivity contribution in [3.8, 4) is 0 Å². The smallest absolute Gasteiger partial charge is 0.227 e. The van der Waals surface area contributed by atoms with E-state index in [2.05, 4.69) is 15.7 Å². The first kappa shape index (κ1) is 15.0. The second-order valence-corrected chi connectivity index (χ2v) is 5.13. The molecule has 1 aliphatic heterocycles. The van der Waals surface area contributed by atoms with Crippen molar-refractivity contribution >= 4 is 18.3 Å². The van der Waals surface area contributed by atoms with E-state index in [0.29, 0.717) is 0 Å². The van der Waals surface area contributed by atoms with Crippen LogP contribution < -0.4 is 10.6 Å². The van der Waals surface area contributed by atoms with Gasteiger partial charge in [-0.2, -0.15) is 5.10 Å². The second kappa shape index (κ2) is 5.71. The van der Waals surface area contributed by atoms with Crippen molar-refractivity contribution in [1.29, 1.82) is 0 Å². The van der Waals surface area contributed by atoms with Gasteiger partial charge in [0.25, 0.3) is 0 Å². The third-order valence-corrected chi connectivity index (χ3v) is 3.49. The van der Waals surface area contributed by atoms with Gasteiger partial charge in [-0.15, -0.1) is 12.4 Å². The normalized spacial score (nSPS) is 24.4. The highest BCUT2D eigenvalue weighted by Gasteiger charge is 2.36. The molecule has 2 heterocycles. The summed E-state index contributed by atoms with van der Waals surface area (Å²) in [5.41, 5.74) is 0.770. The molecule has 1 aliphatic rings. The van der Waals surface area contributed by atoms with Crippen molar-refractivity contribution in [2.24, 2.45) is 12.5 Å². The number of hydrogen-bond acceptors (Lipinski definition) is 3. The van der Waals surface area contributed by atoms with Crippen molar-refractivity contribution in [1.82, 2.24) is 20.4 Å². The van der Waals surface area contributed by atoms with E-state index in [-0.39, 0.29) is 29.8 Å². The number of halogens is 1. The molecule has 102 valence electrons. The zero-order valence-corrected chi connectivity index (χ0v) is 11.9. The van der Waals surface area contributed by atoms with Gasteiger partial charge < -0.3 is 10.6 Å². The Bertz CT molecular complexity index is 412. The van der Waals surface area contributed by atoms with E-state index in [1.165, 1.54) is 0 Å². The topological polar surface area (TPSA) is 59.0 Å². The maximum Gasteiger partial charge on any atom is 0.227 e. The molecular weight excluding hydrogens is 252 g/mol. The summed E-state index contributed by atoms with van der Waals surface area (Å²) in [4.78, 5) is 12.2. The summed E-state index contributed by atoms with van der Waals surface area (Å²) >= 11 is 0. The zero-order chi connectivity index (χ0) is 12.5. The number of rotatable bonds is 3. The molecule has 1 aromatic rings. The summed E-state index contributed by atoms with van der Waals surface area (Å²) in [5, 5.41) is 10.4. The SMILES string of the molecule is CC(NC(=O)C1(C)CCNC1)c1cnn(C)c1.Cl. The summed E-state index contributed by atoms with van der Waals surface area (Å²) in [6, 6.07) is 0.00799. The van der Waals surface area contributed by atoms with Crippen LogP contribution in [-0.2, 0) is 11.8 Å². The summed E-state index contributed by atoms with van der Waals surface area (Å²) in [7, 11) is 1.88. The number of amides is 1. The molecule has 6 heteroatoms. The standard InChI is InChI=1S/C12H20N4O.ClH/c1-9(10-6-14-16(3)7-10)15-11(17)12(2)4-5-13-8-12;/h6-7,9,13H,4-5,8H2,1-3H3,(H,15,17);1H. The van der Waals surface area contributed by atoms with E-state index >= 15 is 0 Å². The van der Waals surface area contributed by atoms with Crippen LogP contribution in [0, 0.1) is 5.41 Å². The Morgan fingerprint density at radius 3 is 2.89 bits per heavy atom. The molecule has 2 unspecified atom stereocenters. The molecule has 18 heavy (non-hydrogen) atoms. The number of nitrogens with one attached hydrogen (secondary N) is 2. The minimum Gasteiger partial charge on any atom is -0.349 e. The first-order valence-electron chi connectivity index (χ1n) is 6.01. The molecule has 1 saturated heterocycles. The largest absolute Gasteiger partial charge is 0.349 e. The van der Waals surface area contributed by atoms with Gasteiger partial charge in [-0.1, -0.05) is 0 Å². The van der Waals surface area contributed by atoms with Crippen molar-refractivity contribution < 1.29 is 4.79 Å². The number of carbonyl (C=O) groups excluding carboxylic acids is 1. The fourth-order valence-corrected chi connectivity index (χ4v) is 2.13. The van der Waals surface area contributed by atoms with E-state index in [0.717, 1.165) is 25.1 Å². The van der Waals surface area contributed by atoms with Crippen LogP contribution in [-0.4, -0.2) is 28.8 Å². The highest BCUT2D eigenvalue weighted by atomic mass is 35.5. The monoisotopic (exact) mass is 272 g/mol. The highest BCUT2D eigenvalue weighted by molar-refractivity contribution is 5.85. The maximum atomic E-state index is 12.2. The van der Waals surface area contributed by atoms with Gasteiger partial charge in [0, 0.05) is 25.4 Å². The summed E-state index contributed by atoms with van der Waals surface area (Å²) in [6.45, 7) is 5.68. The number of hydrogen-bond donors (Lipinski definition) is 2. The van der Waals surface area contributed by atoms with E-state index in [4.69, 9.17) is 0 Å². The van der Waals surface area contributed by atoms with Gasteiger partial charge in [0.1, 0.15) is 0 Å². The number of aryl methyl sites for hydroxylation is 1. The summed E-state index contributed by atoms with van der Waals surface area (Å²) in [5.74, 6) is 0.124. The van der Waals surface area contributed by atoms with Gasteiger partial charge in [0.15, 0.2) is 0 Å². The van der Waals surface area contributed by atoms with Crippen LogP contribution in [0.4, 0.5) is 0 Å². The van der Waals surface area contributed by atoms with E-state index in [1.54, 1.807) is 10.9 Å². The molecule has 0 spiro atoms. The lowest BCUT2D eigenvalue weighted by molar-refractivity contribution is -0.129. The van der Waals surface area contributed by atoms with Crippen LogP contribution in [0.1, 0.15) is 31.9 Å². The minimum atomic E-state index is -0.267. The van der Waals surface area contributed by atoms with Gasteiger partial charge in [0.2, 0.25) is 5.91 Å². The number of aromatic nitrogens is 2. The van der Waals surface area contributed by atoms with Crippen LogP contribution in [0.5, 0.6) is 0 Å². The molecule has 5 nitrogen and oxygen atoms in total. The van der Waals surface area contributed by atoms with Crippen LogP contribution in [0.2, 0.25) is 0 Å². The molecule has 0 bridgehead atoms. The maximum absolute atomic E-state index is 12.2. The molecule has 1 fully saturated rings. The molecule has 0 aromatic carbocycles. The van der Waals surface area contributed by atoms with Crippen LogP contribution >= 0.6 is 12.4 Å². The van der Waals surface area contributed by atoms with Crippen LogP contribution in [0.3, 0.4) is 0 Å². The quantitative estimate of drug-likeness (QED) is 0.864. The Morgan fingerprint density at radius 2 is 2.39 bits per heavy atom. The third-order valence-electron chi connectivity index (χ3n) is 3.49. The van der Waals surface area contributed by atoms with Crippen LogP contribution in [0.25, 0.3) is 0 Å². The fourth-order valence-electron chi connectivity index (χ4n) is 2.13. The van der Waals surface area contributed by atoms with Gasteiger partial charge >= 0.3 is 0 Å². The second-order valence-electron chi connectivity index (χ2n) is 5.13. The van der Waals surface area contributed by atoms with Crippen molar-refractivity contribution in [3.63, 3.8) is 0 Å². The van der Waals surface area contributed by atoms with E-state index in [9.17, 15) is 4.79 Å². The Labute approximate surface area is 114 Å². The lowest BCUT2D eigenvalue weighted by Gasteiger charge is -2.24. The van der Waals surface area contributed by atoms with Crippen LogP contribution in [0.15, 0.2) is 12.4 Å². The first-order valence-corrected chi connectivity index (χ1v) is 6.01. The van der Waals surface area contributed by atoms with Gasteiger partial charge in [-0.05, 0) is 26.8 Å². The van der Waals surface area contributed by atoms with Gasteiger partial charge in [-0.25, -0.2) is 0 Å². The lowest BCUT2D eigenvalue weighted by Crippen LogP contribution is -2.41. The molecular formula is C12H21ClN4O. The zero-order valence-electron chi connectivity index (χ0n) is 11.1. The predicted molar refractivity (Wildman–Crippen MR) is 72.6 cm³/mol. The molecule has 0 aliphatic carbocycles. The Morgan fingerprint density at radius 1 is 1.67 bits per heavy atom. The Balaban J connectivity index is 0.00000162.